The van der Waals surface area contributed by atoms with Gasteiger partial charge in [0.05, 0.1) is 11.0 Å². The van der Waals surface area contributed by atoms with Gasteiger partial charge in [-0.2, -0.15) is 0 Å². The summed E-state index contributed by atoms with van der Waals surface area (Å²) in [7, 11) is 0. The van der Waals surface area contributed by atoms with Gasteiger partial charge < -0.3 is 15.2 Å². The maximum absolute atomic E-state index is 12.3. The minimum atomic E-state index is -1.28. The Hall–Kier alpha value is -1.40. The number of aryl methyl sites for hydroxylation is 1. The first-order chi connectivity index (χ1) is 9.74. The summed E-state index contributed by atoms with van der Waals surface area (Å²) < 4.78 is 5.58. The van der Waals surface area contributed by atoms with E-state index in [-0.39, 0.29) is 12.0 Å². The highest BCUT2D eigenvalue weighted by Gasteiger charge is 2.66. The van der Waals surface area contributed by atoms with Gasteiger partial charge in [0.2, 0.25) is 0 Å². The summed E-state index contributed by atoms with van der Waals surface area (Å²) in [4.78, 5) is 25.6. The summed E-state index contributed by atoms with van der Waals surface area (Å²) >= 11 is 1.36. The summed E-state index contributed by atoms with van der Waals surface area (Å²) in [6, 6.07) is 3.57. The van der Waals surface area contributed by atoms with E-state index < -0.39 is 16.9 Å². The molecule has 0 unspecified atom stereocenters. The molecule has 2 rings (SSSR count). The van der Waals surface area contributed by atoms with Gasteiger partial charge in [0, 0.05) is 23.3 Å². The standard InChI is InChI=1S/C15H21NO4S/c1-5-20-11-8-15(13(18)19,14(11,3)4)16-12(17)10-7-6-9(2)21-10/h6-7,11H,5,8H2,1-4H3,(H,16,17)(H,18,19)/t11-,15+/m0/s1. The molecule has 2 atom stereocenters. The van der Waals surface area contributed by atoms with Crippen LogP contribution in [0.4, 0.5) is 0 Å². The zero-order chi connectivity index (χ0) is 15.8. The highest BCUT2D eigenvalue weighted by Crippen LogP contribution is 2.51. The van der Waals surface area contributed by atoms with Gasteiger partial charge in [0.25, 0.3) is 5.91 Å². The first-order valence-corrected chi connectivity index (χ1v) is 7.80. The van der Waals surface area contributed by atoms with Gasteiger partial charge in [0.1, 0.15) is 5.54 Å². The Morgan fingerprint density at radius 3 is 2.57 bits per heavy atom. The number of carboxylic acids is 1. The molecule has 116 valence electrons. The molecule has 1 aromatic heterocycles. The van der Waals surface area contributed by atoms with E-state index in [2.05, 4.69) is 5.32 Å². The van der Waals surface area contributed by atoms with E-state index in [1.54, 1.807) is 6.07 Å². The quantitative estimate of drug-likeness (QED) is 0.876. The van der Waals surface area contributed by atoms with Crippen molar-refractivity contribution in [2.75, 3.05) is 6.61 Å². The van der Waals surface area contributed by atoms with E-state index in [0.717, 1.165) is 4.88 Å². The van der Waals surface area contributed by atoms with Crippen LogP contribution in [-0.2, 0) is 9.53 Å². The number of ether oxygens (including phenoxy) is 1. The first-order valence-electron chi connectivity index (χ1n) is 6.98. The predicted molar refractivity (Wildman–Crippen MR) is 80.7 cm³/mol. The van der Waals surface area contributed by atoms with Gasteiger partial charge in [-0.1, -0.05) is 13.8 Å². The Bertz CT molecular complexity index is 566. The number of carbonyl (C=O) groups is 2. The Balaban J connectivity index is 2.22. The summed E-state index contributed by atoms with van der Waals surface area (Å²) in [6.07, 6.45) is 0.128. The maximum atomic E-state index is 12.3. The van der Waals surface area contributed by atoms with Crippen molar-refractivity contribution in [2.45, 2.75) is 45.8 Å². The number of amides is 1. The van der Waals surface area contributed by atoms with E-state index in [0.29, 0.717) is 17.9 Å². The zero-order valence-corrected chi connectivity index (χ0v) is 13.5. The van der Waals surface area contributed by atoms with Crippen LogP contribution >= 0.6 is 11.3 Å². The van der Waals surface area contributed by atoms with Crippen LogP contribution in [-0.4, -0.2) is 35.2 Å². The molecule has 1 fully saturated rings. The topological polar surface area (TPSA) is 75.6 Å². The van der Waals surface area contributed by atoms with E-state index in [4.69, 9.17) is 4.74 Å². The molecule has 1 saturated carbocycles. The molecule has 0 aromatic carbocycles. The molecule has 0 bridgehead atoms. The van der Waals surface area contributed by atoms with E-state index in [1.165, 1.54) is 11.3 Å². The first kappa shape index (κ1) is 16.0. The van der Waals surface area contributed by atoms with Crippen LogP contribution in [0, 0.1) is 12.3 Å². The summed E-state index contributed by atoms with van der Waals surface area (Å²) in [5.41, 5.74) is -1.93. The van der Waals surface area contributed by atoms with E-state index >= 15 is 0 Å². The Morgan fingerprint density at radius 2 is 2.14 bits per heavy atom. The second-order valence-corrected chi connectivity index (χ2v) is 7.23. The number of thiophene rings is 1. The minimum Gasteiger partial charge on any atom is -0.479 e. The zero-order valence-electron chi connectivity index (χ0n) is 12.7. The number of hydrogen-bond donors (Lipinski definition) is 2. The van der Waals surface area contributed by atoms with Gasteiger partial charge in [-0.25, -0.2) is 4.79 Å². The second kappa shape index (κ2) is 5.42. The molecule has 0 radical (unpaired) electrons. The molecule has 2 N–H and O–H groups in total. The Kier molecular flexibility index (Phi) is 4.13. The molecule has 1 aliphatic carbocycles. The van der Waals surface area contributed by atoms with Crippen LogP contribution in [0.3, 0.4) is 0 Å². The minimum absolute atomic E-state index is 0.163. The summed E-state index contributed by atoms with van der Waals surface area (Å²) in [5, 5.41) is 12.4. The lowest BCUT2D eigenvalue weighted by molar-refractivity contribution is -0.190. The van der Waals surface area contributed by atoms with Gasteiger partial charge >= 0.3 is 5.97 Å². The SMILES string of the molecule is CCO[C@H]1C[C@@](NC(=O)c2ccc(C)s2)(C(=O)O)C1(C)C. The number of carbonyl (C=O) groups excluding carboxylic acids is 1. The van der Waals surface area contributed by atoms with Gasteiger partial charge in [-0.3, -0.25) is 4.79 Å². The molecule has 1 amide bonds. The fourth-order valence-corrected chi connectivity index (χ4v) is 3.61. The van der Waals surface area contributed by atoms with Crippen molar-refractivity contribution in [3.63, 3.8) is 0 Å². The van der Waals surface area contributed by atoms with Crippen molar-refractivity contribution >= 4 is 23.2 Å². The van der Waals surface area contributed by atoms with Crippen molar-refractivity contribution in [1.29, 1.82) is 0 Å². The van der Waals surface area contributed by atoms with Crippen LogP contribution in [0.1, 0.15) is 41.7 Å². The number of hydrogen-bond acceptors (Lipinski definition) is 4. The van der Waals surface area contributed by atoms with Crippen molar-refractivity contribution in [1.82, 2.24) is 5.32 Å². The van der Waals surface area contributed by atoms with Crippen molar-refractivity contribution < 1.29 is 19.4 Å². The lowest BCUT2D eigenvalue weighted by Gasteiger charge is -2.58. The average Bonchev–Trinajstić information content (AvgIpc) is 2.83. The molecule has 0 saturated heterocycles. The third kappa shape index (κ3) is 2.46. The van der Waals surface area contributed by atoms with E-state index in [9.17, 15) is 14.7 Å². The van der Waals surface area contributed by atoms with Crippen molar-refractivity contribution in [3.05, 3.63) is 21.9 Å². The average molecular weight is 311 g/mol. The van der Waals surface area contributed by atoms with Gasteiger partial charge in [-0.15, -0.1) is 11.3 Å². The fourth-order valence-electron chi connectivity index (χ4n) is 2.85. The molecule has 6 heteroatoms. The summed E-state index contributed by atoms with van der Waals surface area (Å²) in [6.45, 7) is 7.97. The molecular weight excluding hydrogens is 290 g/mol. The smallest absolute Gasteiger partial charge is 0.330 e. The van der Waals surface area contributed by atoms with Gasteiger partial charge in [0.15, 0.2) is 0 Å². The molecule has 1 aliphatic rings. The highest BCUT2D eigenvalue weighted by atomic mass is 32.1. The normalized spacial score (nSPS) is 27.0. The maximum Gasteiger partial charge on any atom is 0.330 e. The van der Waals surface area contributed by atoms with Crippen molar-refractivity contribution in [2.24, 2.45) is 5.41 Å². The molecular formula is C15H21NO4S. The molecule has 1 heterocycles. The van der Waals surface area contributed by atoms with Crippen molar-refractivity contribution in [3.8, 4) is 0 Å². The molecule has 21 heavy (non-hydrogen) atoms. The lowest BCUT2D eigenvalue weighted by atomic mass is 9.54. The van der Waals surface area contributed by atoms with Crippen LogP contribution in [0.2, 0.25) is 0 Å². The lowest BCUT2D eigenvalue weighted by Crippen LogP contribution is -2.76. The number of aliphatic carboxylic acids is 1. The Labute approximate surface area is 128 Å². The Morgan fingerprint density at radius 1 is 1.48 bits per heavy atom. The fraction of sp³-hybridized carbons (Fsp3) is 0.600. The number of nitrogens with one attached hydrogen (secondary N) is 1. The molecule has 0 aliphatic heterocycles. The molecule has 1 aromatic rings. The molecule has 5 nitrogen and oxygen atoms in total. The van der Waals surface area contributed by atoms with E-state index in [1.807, 2.05) is 33.8 Å². The number of rotatable bonds is 5. The monoisotopic (exact) mass is 311 g/mol. The highest BCUT2D eigenvalue weighted by molar-refractivity contribution is 7.13. The van der Waals surface area contributed by atoms with Gasteiger partial charge in [-0.05, 0) is 26.0 Å². The van der Waals surface area contributed by atoms with Crippen LogP contribution in [0.5, 0.6) is 0 Å². The number of carboxylic acid groups (broad SMARTS) is 1. The molecule has 0 spiro atoms. The van der Waals surface area contributed by atoms with Crippen LogP contribution < -0.4 is 5.32 Å². The predicted octanol–water partition coefficient (Wildman–Crippen LogP) is 2.44. The largest absolute Gasteiger partial charge is 0.479 e. The second-order valence-electron chi connectivity index (χ2n) is 5.94. The van der Waals surface area contributed by atoms with Crippen LogP contribution in [0.15, 0.2) is 12.1 Å². The summed E-state index contributed by atoms with van der Waals surface area (Å²) in [5.74, 6) is -1.34. The third-order valence-corrected chi connectivity index (χ3v) is 5.42. The van der Waals surface area contributed by atoms with Crippen LogP contribution in [0.25, 0.3) is 0 Å². The third-order valence-electron chi connectivity index (χ3n) is 4.42.